The average Bonchev–Trinajstić information content (AvgIpc) is 2.89. The Morgan fingerprint density at radius 2 is 1.60 bits per heavy atom. The lowest BCUT2D eigenvalue weighted by Gasteiger charge is -2.37. The van der Waals surface area contributed by atoms with Crippen molar-refractivity contribution in [2.24, 2.45) is 0 Å². The molecule has 0 bridgehead atoms. The monoisotopic (exact) mass is 496 g/mol. The standard InChI is InChI=1S/C21H23F2N3O2.C2H4FNO.CH4O/c1-2-3-16(14-28)21-18(22)10-17(11-19(21)23)25-6-8-26(9-7-25)20-5-4-15(13-27)12-24-20;1-4(3)2-5;1-2/h4-5,10-14,16H,2-3,6-9H2,1H3;2H,1H3;2H,1H3. The molecule has 1 aliphatic rings. The van der Waals surface area contributed by atoms with Crippen molar-refractivity contribution < 1.29 is 32.8 Å². The van der Waals surface area contributed by atoms with E-state index in [9.17, 15) is 22.9 Å². The zero-order valence-electron chi connectivity index (χ0n) is 20.0. The Kier molecular flexibility index (Phi) is 13.0. The fourth-order valence-electron chi connectivity index (χ4n) is 3.55. The molecule has 1 aromatic carbocycles. The van der Waals surface area contributed by atoms with Gasteiger partial charge >= 0.3 is 0 Å². The van der Waals surface area contributed by atoms with Crippen LogP contribution in [0.5, 0.6) is 0 Å². The summed E-state index contributed by atoms with van der Waals surface area (Å²) in [6.45, 7) is 4.33. The zero-order chi connectivity index (χ0) is 26.4. The van der Waals surface area contributed by atoms with Gasteiger partial charge in [0.15, 0.2) is 6.29 Å². The van der Waals surface area contributed by atoms with Crippen LogP contribution in [0.1, 0.15) is 41.6 Å². The Bertz CT molecular complexity index is 914. The number of rotatable bonds is 8. The molecular weight excluding hydrogens is 465 g/mol. The second kappa shape index (κ2) is 15.4. The number of hydrogen-bond acceptors (Lipinski definition) is 7. The summed E-state index contributed by atoms with van der Waals surface area (Å²) in [5, 5.41) is 6.94. The first-order valence-corrected chi connectivity index (χ1v) is 11.0. The molecule has 0 spiro atoms. The van der Waals surface area contributed by atoms with Crippen LogP contribution in [-0.4, -0.2) is 74.5 Å². The number of amides is 1. The maximum atomic E-state index is 14.6. The van der Waals surface area contributed by atoms with Crippen LogP contribution in [0.15, 0.2) is 30.5 Å². The van der Waals surface area contributed by atoms with Gasteiger partial charge in [-0.1, -0.05) is 17.8 Å². The maximum Gasteiger partial charge on any atom is 0.237 e. The van der Waals surface area contributed by atoms with E-state index in [1.54, 1.807) is 12.1 Å². The minimum atomic E-state index is -0.753. The first-order valence-electron chi connectivity index (χ1n) is 11.0. The topological polar surface area (TPSA) is 94.1 Å². The van der Waals surface area contributed by atoms with Crippen LogP contribution >= 0.6 is 0 Å². The molecule has 3 rings (SSSR count). The number of piperazine rings is 1. The Balaban J connectivity index is 0.000000779. The molecule has 1 atom stereocenters. The average molecular weight is 497 g/mol. The van der Waals surface area contributed by atoms with Gasteiger partial charge in [0.25, 0.3) is 0 Å². The highest BCUT2D eigenvalue weighted by Crippen LogP contribution is 2.30. The number of aldehydes is 2. The molecule has 35 heavy (non-hydrogen) atoms. The number of pyridine rings is 1. The summed E-state index contributed by atoms with van der Waals surface area (Å²) >= 11 is 0. The molecule has 1 aromatic heterocycles. The van der Waals surface area contributed by atoms with E-state index in [1.807, 2.05) is 11.8 Å². The second-order valence-electron chi connectivity index (χ2n) is 7.53. The van der Waals surface area contributed by atoms with E-state index in [2.05, 4.69) is 9.88 Å². The lowest BCUT2D eigenvalue weighted by Crippen LogP contribution is -2.47. The van der Waals surface area contributed by atoms with Crippen molar-refractivity contribution in [2.45, 2.75) is 25.7 Å². The number of aromatic nitrogens is 1. The highest BCUT2D eigenvalue weighted by Gasteiger charge is 2.24. The molecule has 1 unspecified atom stereocenters. The van der Waals surface area contributed by atoms with Crippen molar-refractivity contribution in [3.8, 4) is 0 Å². The Morgan fingerprint density at radius 3 is 2.00 bits per heavy atom. The first kappa shape index (κ1) is 29.6. The van der Waals surface area contributed by atoms with E-state index in [1.165, 1.54) is 18.3 Å². The SMILES string of the molecule is CCCC(C=O)c1c(F)cc(N2CCN(c3ccc(C=O)cn3)CC2)cc1F.CN(F)C=O.CO. The molecule has 0 radical (unpaired) electrons. The van der Waals surface area contributed by atoms with Gasteiger partial charge in [-0.15, -0.1) is 0 Å². The Morgan fingerprint density at radius 1 is 1.06 bits per heavy atom. The number of halogens is 3. The van der Waals surface area contributed by atoms with Gasteiger partial charge in [-0.2, -0.15) is 5.12 Å². The summed E-state index contributed by atoms with van der Waals surface area (Å²) in [5.41, 5.74) is 0.854. The van der Waals surface area contributed by atoms with E-state index in [0.29, 0.717) is 56.6 Å². The molecular formula is C24H31F3N4O4. The molecule has 1 aliphatic heterocycles. The normalized spacial score (nSPS) is 13.5. The van der Waals surface area contributed by atoms with Crippen LogP contribution in [0, 0.1) is 11.6 Å². The Hall–Kier alpha value is -3.47. The fraction of sp³-hybridized carbons (Fsp3) is 0.417. The molecule has 2 heterocycles. The third-order valence-corrected chi connectivity index (χ3v) is 5.22. The third kappa shape index (κ3) is 8.67. The summed E-state index contributed by atoms with van der Waals surface area (Å²) in [7, 11) is 2.02. The van der Waals surface area contributed by atoms with Crippen molar-refractivity contribution in [2.75, 3.05) is 50.1 Å². The number of benzene rings is 1. The molecule has 11 heteroatoms. The predicted molar refractivity (Wildman–Crippen MR) is 127 cm³/mol. The minimum Gasteiger partial charge on any atom is -0.400 e. The van der Waals surface area contributed by atoms with Gasteiger partial charge in [-0.05, 0) is 30.7 Å². The first-order chi connectivity index (χ1) is 16.8. The number of anilines is 2. The maximum absolute atomic E-state index is 14.6. The van der Waals surface area contributed by atoms with E-state index in [4.69, 9.17) is 9.90 Å². The lowest BCUT2D eigenvalue weighted by molar-refractivity contribution is -0.128. The predicted octanol–water partition coefficient (Wildman–Crippen LogP) is 3.15. The van der Waals surface area contributed by atoms with Gasteiger partial charge in [-0.25, -0.2) is 13.8 Å². The van der Waals surface area contributed by atoms with Crippen LogP contribution < -0.4 is 9.80 Å². The van der Waals surface area contributed by atoms with Crippen LogP contribution in [0.25, 0.3) is 0 Å². The summed E-state index contributed by atoms with van der Waals surface area (Å²) in [6, 6.07) is 6.14. The van der Waals surface area contributed by atoms with E-state index in [-0.39, 0.29) is 17.1 Å². The zero-order valence-corrected chi connectivity index (χ0v) is 20.0. The molecule has 192 valence electrons. The summed E-state index contributed by atoms with van der Waals surface area (Å²) in [4.78, 5) is 39.3. The number of hydrogen-bond donors (Lipinski definition) is 1. The van der Waals surface area contributed by atoms with E-state index in [0.717, 1.165) is 26.3 Å². The molecule has 1 fully saturated rings. The lowest BCUT2D eigenvalue weighted by atomic mass is 9.94. The molecule has 1 saturated heterocycles. The van der Waals surface area contributed by atoms with Crippen molar-refractivity contribution in [3.63, 3.8) is 0 Å². The number of carbonyl (C=O) groups is 3. The van der Waals surface area contributed by atoms with Gasteiger partial charge in [0.2, 0.25) is 6.41 Å². The van der Waals surface area contributed by atoms with Gasteiger partial charge in [-0.3, -0.25) is 9.59 Å². The molecule has 0 saturated carbocycles. The quantitative estimate of drug-likeness (QED) is 0.443. The van der Waals surface area contributed by atoms with E-state index < -0.39 is 17.6 Å². The molecule has 2 aromatic rings. The van der Waals surface area contributed by atoms with Crippen molar-refractivity contribution in [3.05, 3.63) is 53.2 Å². The largest absolute Gasteiger partial charge is 0.400 e. The second-order valence-corrected chi connectivity index (χ2v) is 7.53. The van der Waals surface area contributed by atoms with Crippen molar-refractivity contribution >= 4 is 30.5 Å². The van der Waals surface area contributed by atoms with Crippen molar-refractivity contribution in [1.29, 1.82) is 0 Å². The van der Waals surface area contributed by atoms with Gasteiger partial charge in [0.1, 0.15) is 23.7 Å². The van der Waals surface area contributed by atoms with Crippen LogP contribution in [-0.2, 0) is 9.59 Å². The third-order valence-electron chi connectivity index (χ3n) is 5.22. The molecule has 0 aliphatic carbocycles. The van der Waals surface area contributed by atoms with Gasteiger partial charge in [0, 0.05) is 69.3 Å². The van der Waals surface area contributed by atoms with Gasteiger partial charge < -0.3 is 19.7 Å². The Labute approximate surface area is 202 Å². The molecule has 1 N–H and O–H groups in total. The summed E-state index contributed by atoms with van der Waals surface area (Å²) in [5.74, 6) is -1.33. The summed E-state index contributed by atoms with van der Waals surface area (Å²) in [6.07, 6.45) is 4.07. The molecule has 1 amide bonds. The van der Waals surface area contributed by atoms with Crippen molar-refractivity contribution in [1.82, 2.24) is 10.1 Å². The fourth-order valence-corrected chi connectivity index (χ4v) is 3.55. The highest BCUT2D eigenvalue weighted by molar-refractivity contribution is 5.74. The van der Waals surface area contributed by atoms with Crippen LogP contribution in [0.4, 0.5) is 24.8 Å². The molecule has 8 nitrogen and oxygen atoms in total. The number of nitrogens with zero attached hydrogens (tertiary/aromatic N) is 4. The van der Waals surface area contributed by atoms with Gasteiger partial charge in [0.05, 0.1) is 0 Å². The van der Waals surface area contributed by atoms with Crippen LogP contribution in [0.3, 0.4) is 0 Å². The highest BCUT2D eigenvalue weighted by atomic mass is 19.2. The number of carbonyl (C=O) groups excluding carboxylic acids is 3. The summed E-state index contributed by atoms with van der Waals surface area (Å²) < 4.78 is 40.0. The minimum absolute atomic E-state index is 0.0556. The van der Waals surface area contributed by atoms with Crippen LogP contribution in [0.2, 0.25) is 0 Å². The number of aliphatic hydroxyl groups is 1. The smallest absolute Gasteiger partial charge is 0.237 e. The number of aliphatic hydroxyl groups excluding tert-OH is 1. The van der Waals surface area contributed by atoms with E-state index >= 15 is 0 Å².